The van der Waals surface area contributed by atoms with Gasteiger partial charge in [-0.05, 0) is 42.9 Å². The zero-order valence-electron chi connectivity index (χ0n) is 22.3. The average molecular weight is 515 g/mol. The number of carbonyl (C=O) groups is 3. The van der Waals surface area contributed by atoms with Crippen molar-refractivity contribution in [2.24, 2.45) is 11.8 Å². The monoisotopic (exact) mass is 514 g/mol. The number of benzene rings is 1. The summed E-state index contributed by atoms with van der Waals surface area (Å²) in [6.45, 7) is 4.44. The van der Waals surface area contributed by atoms with Crippen LogP contribution in [-0.2, 0) is 20.9 Å². The fourth-order valence-electron chi connectivity index (χ4n) is 4.74. The first-order valence-corrected chi connectivity index (χ1v) is 12.7. The Balaban J connectivity index is 1.94. The maximum Gasteiger partial charge on any atom is 0.325 e. The quantitative estimate of drug-likeness (QED) is 0.442. The zero-order chi connectivity index (χ0) is 26.9. The molecule has 2 aromatic rings. The van der Waals surface area contributed by atoms with Crippen LogP contribution in [0.2, 0.25) is 0 Å². The van der Waals surface area contributed by atoms with Crippen LogP contribution in [0.15, 0.2) is 24.3 Å². The first-order valence-electron chi connectivity index (χ1n) is 12.7. The fourth-order valence-corrected chi connectivity index (χ4v) is 4.74. The van der Waals surface area contributed by atoms with Gasteiger partial charge in [-0.3, -0.25) is 19.1 Å². The second kappa shape index (κ2) is 13.1. The van der Waals surface area contributed by atoms with Gasteiger partial charge in [0.1, 0.15) is 24.1 Å². The number of carbonyl (C=O) groups excluding carboxylic acids is 3. The molecule has 1 atom stereocenters. The van der Waals surface area contributed by atoms with E-state index in [2.05, 4.69) is 34.3 Å². The molecule has 37 heavy (non-hydrogen) atoms. The normalized spacial score (nSPS) is 14.6. The highest BCUT2D eigenvalue weighted by molar-refractivity contribution is 5.97. The van der Waals surface area contributed by atoms with Gasteiger partial charge in [-0.15, -0.1) is 0 Å². The first kappa shape index (κ1) is 28.0. The van der Waals surface area contributed by atoms with Gasteiger partial charge in [0.15, 0.2) is 5.69 Å². The number of hydrogen-bond acceptors (Lipinski definition) is 7. The summed E-state index contributed by atoms with van der Waals surface area (Å²) in [7, 11) is 4.42. The molecule has 0 saturated heterocycles. The third kappa shape index (κ3) is 7.02. The molecule has 0 radical (unpaired) electrons. The van der Waals surface area contributed by atoms with Crippen LogP contribution in [0.1, 0.15) is 56.4 Å². The molecule has 1 heterocycles. The molecule has 1 aromatic heterocycles. The summed E-state index contributed by atoms with van der Waals surface area (Å²) in [5, 5.41) is 10.1. The van der Waals surface area contributed by atoms with Crippen molar-refractivity contribution in [2.45, 2.75) is 58.5 Å². The third-order valence-electron chi connectivity index (χ3n) is 6.56. The predicted molar refractivity (Wildman–Crippen MR) is 138 cm³/mol. The summed E-state index contributed by atoms with van der Waals surface area (Å²) in [4.78, 5) is 38.1. The maximum absolute atomic E-state index is 13.5. The van der Waals surface area contributed by atoms with E-state index in [4.69, 9.17) is 9.47 Å². The molecule has 2 N–H and O–H groups in total. The molecule has 10 nitrogen and oxygen atoms in total. The van der Waals surface area contributed by atoms with Crippen LogP contribution in [0.3, 0.4) is 0 Å². The van der Waals surface area contributed by atoms with Crippen molar-refractivity contribution < 1.29 is 28.6 Å². The molecular weight excluding hydrogens is 476 g/mol. The standard InChI is InChI=1S/C27H38N4O6/c1-17(2)16-31-20(24-21(35-3)12-9-13-22(24)36-4)14-19(30-31)26(33)29-25(18-10-7-6-8-11-18)27(34)28-15-23(32)37-5/h9,12-14,17-18,25H,6-8,10-11,15-16H2,1-5H3,(H,28,34)(H,29,33). The second-order valence-electron chi connectivity index (χ2n) is 9.67. The molecule has 202 valence electrons. The number of methoxy groups -OCH3 is 3. The molecule has 1 aliphatic carbocycles. The molecule has 1 unspecified atom stereocenters. The highest BCUT2D eigenvalue weighted by Gasteiger charge is 2.32. The van der Waals surface area contributed by atoms with Crippen LogP contribution in [-0.4, -0.2) is 61.5 Å². The van der Waals surface area contributed by atoms with Crippen molar-refractivity contribution in [2.75, 3.05) is 27.9 Å². The highest BCUT2D eigenvalue weighted by atomic mass is 16.5. The van der Waals surface area contributed by atoms with Gasteiger partial charge in [-0.2, -0.15) is 5.10 Å². The number of amides is 2. The van der Waals surface area contributed by atoms with Crippen molar-refractivity contribution in [3.05, 3.63) is 30.0 Å². The Labute approximate surface area is 218 Å². The predicted octanol–water partition coefficient (Wildman–Crippen LogP) is 3.19. The molecule has 1 saturated carbocycles. The Bertz CT molecular complexity index is 1070. The summed E-state index contributed by atoms with van der Waals surface area (Å²) in [6.07, 6.45) is 4.72. The van der Waals surface area contributed by atoms with Crippen LogP contribution >= 0.6 is 0 Å². The van der Waals surface area contributed by atoms with Crippen molar-refractivity contribution in [1.29, 1.82) is 0 Å². The van der Waals surface area contributed by atoms with E-state index in [-0.39, 0.29) is 24.1 Å². The van der Waals surface area contributed by atoms with Gasteiger partial charge in [-0.1, -0.05) is 39.2 Å². The van der Waals surface area contributed by atoms with Crippen molar-refractivity contribution >= 4 is 17.8 Å². The summed E-state index contributed by atoms with van der Waals surface area (Å²) in [6, 6.07) is 6.41. The molecule has 1 aromatic carbocycles. The number of ether oxygens (including phenoxy) is 3. The highest BCUT2D eigenvalue weighted by Crippen LogP contribution is 2.39. The molecule has 0 spiro atoms. The molecule has 3 rings (SSSR count). The summed E-state index contributed by atoms with van der Waals surface area (Å²) < 4.78 is 17.6. The largest absolute Gasteiger partial charge is 0.496 e. The summed E-state index contributed by atoms with van der Waals surface area (Å²) >= 11 is 0. The molecule has 0 bridgehead atoms. The number of nitrogens with zero attached hydrogens (tertiary/aromatic N) is 2. The van der Waals surface area contributed by atoms with Gasteiger partial charge < -0.3 is 24.8 Å². The van der Waals surface area contributed by atoms with Crippen molar-refractivity contribution in [3.8, 4) is 22.8 Å². The molecule has 1 aliphatic rings. The Morgan fingerprint density at radius 1 is 1.05 bits per heavy atom. The van der Waals surface area contributed by atoms with Crippen LogP contribution < -0.4 is 20.1 Å². The number of esters is 1. The van der Waals surface area contributed by atoms with Gasteiger partial charge in [0.05, 0.1) is 32.6 Å². The molecule has 1 fully saturated rings. The minimum Gasteiger partial charge on any atom is -0.496 e. The van der Waals surface area contributed by atoms with E-state index < -0.39 is 23.8 Å². The number of aromatic nitrogens is 2. The zero-order valence-corrected chi connectivity index (χ0v) is 22.3. The van der Waals surface area contributed by atoms with Gasteiger partial charge in [0.2, 0.25) is 5.91 Å². The van der Waals surface area contributed by atoms with Crippen LogP contribution in [0.25, 0.3) is 11.3 Å². The van der Waals surface area contributed by atoms with E-state index in [1.165, 1.54) is 7.11 Å². The van der Waals surface area contributed by atoms with Crippen LogP contribution in [0.5, 0.6) is 11.5 Å². The number of hydrogen-bond donors (Lipinski definition) is 2. The first-order chi connectivity index (χ1) is 17.8. The van der Waals surface area contributed by atoms with E-state index in [0.717, 1.165) is 32.1 Å². The fraction of sp³-hybridized carbons (Fsp3) is 0.556. The van der Waals surface area contributed by atoms with Crippen molar-refractivity contribution in [3.63, 3.8) is 0 Å². The van der Waals surface area contributed by atoms with E-state index in [1.807, 2.05) is 18.2 Å². The topological polar surface area (TPSA) is 121 Å². The molecular formula is C27H38N4O6. The summed E-state index contributed by atoms with van der Waals surface area (Å²) in [5.74, 6) is 0.0124. The number of rotatable bonds is 11. The Morgan fingerprint density at radius 2 is 1.70 bits per heavy atom. The molecule has 10 heteroatoms. The van der Waals surface area contributed by atoms with Crippen LogP contribution in [0, 0.1) is 11.8 Å². The minimum absolute atomic E-state index is 0.0260. The van der Waals surface area contributed by atoms with E-state index in [9.17, 15) is 14.4 Å². The minimum atomic E-state index is -0.781. The Hall–Kier alpha value is -3.56. The van der Waals surface area contributed by atoms with Crippen LogP contribution in [0.4, 0.5) is 0 Å². The Morgan fingerprint density at radius 3 is 2.27 bits per heavy atom. The molecule has 2 amide bonds. The number of nitrogens with one attached hydrogen (secondary N) is 2. The summed E-state index contributed by atoms with van der Waals surface area (Å²) in [5.41, 5.74) is 1.56. The smallest absolute Gasteiger partial charge is 0.325 e. The SMILES string of the molecule is COC(=O)CNC(=O)C(NC(=O)c1cc(-c2c(OC)cccc2OC)n(CC(C)C)n1)C1CCCCC1. The van der Waals surface area contributed by atoms with E-state index in [1.54, 1.807) is 25.0 Å². The van der Waals surface area contributed by atoms with E-state index >= 15 is 0 Å². The average Bonchev–Trinajstić information content (AvgIpc) is 3.32. The lowest BCUT2D eigenvalue weighted by Crippen LogP contribution is -2.52. The lowest BCUT2D eigenvalue weighted by molar-refractivity contribution is -0.141. The van der Waals surface area contributed by atoms with Gasteiger partial charge in [0.25, 0.3) is 5.91 Å². The van der Waals surface area contributed by atoms with Gasteiger partial charge >= 0.3 is 5.97 Å². The van der Waals surface area contributed by atoms with Gasteiger partial charge in [-0.25, -0.2) is 0 Å². The maximum atomic E-state index is 13.5. The lowest BCUT2D eigenvalue weighted by Gasteiger charge is -2.29. The second-order valence-corrected chi connectivity index (χ2v) is 9.67. The lowest BCUT2D eigenvalue weighted by atomic mass is 9.83. The van der Waals surface area contributed by atoms with Crippen molar-refractivity contribution in [1.82, 2.24) is 20.4 Å². The Kier molecular flexibility index (Phi) is 9.93. The molecule has 0 aliphatic heterocycles. The van der Waals surface area contributed by atoms with Gasteiger partial charge in [0, 0.05) is 6.54 Å². The third-order valence-corrected chi connectivity index (χ3v) is 6.56. The van der Waals surface area contributed by atoms with E-state index in [0.29, 0.717) is 29.3 Å².